The van der Waals surface area contributed by atoms with Gasteiger partial charge >= 0.3 is 0 Å². The van der Waals surface area contributed by atoms with Gasteiger partial charge in [-0.15, -0.1) is 11.3 Å². The summed E-state index contributed by atoms with van der Waals surface area (Å²) in [6.07, 6.45) is 3.80. The number of carbonyl (C=O) groups excluding carboxylic acids is 2. The Morgan fingerprint density at radius 3 is 2.79 bits per heavy atom. The Balaban J connectivity index is 1.50. The molecule has 0 radical (unpaired) electrons. The number of hydrogen-bond acceptors (Lipinski definition) is 5. The van der Waals surface area contributed by atoms with E-state index in [9.17, 15) is 18.0 Å². The van der Waals surface area contributed by atoms with Crippen molar-refractivity contribution < 1.29 is 18.0 Å². The van der Waals surface area contributed by atoms with Crippen molar-refractivity contribution in [3.63, 3.8) is 0 Å². The lowest BCUT2D eigenvalue weighted by atomic mass is 9.90. The van der Waals surface area contributed by atoms with Crippen LogP contribution < -0.4 is 10.9 Å². The molecule has 0 bridgehead atoms. The van der Waals surface area contributed by atoms with Crippen molar-refractivity contribution in [2.24, 2.45) is 11.8 Å². The van der Waals surface area contributed by atoms with Crippen LogP contribution in [0.1, 0.15) is 46.3 Å². The highest BCUT2D eigenvalue weighted by molar-refractivity contribution is 7.91. The van der Waals surface area contributed by atoms with Crippen LogP contribution in [0.4, 0.5) is 0 Å². The van der Waals surface area contributed by atoms with Gasteiger partial charge in [0.1, 0.15) is 0 Å². The molecule has 1 aliphatic heterocycles. The van der Waals surface area contributed by atoms with Gasteiger partial charge in [0, 0.05) is 11.3 Å². The molecule has 0 aromatic carbocycles. The van der Waals surface area contributed by atoms with Gasteiger partial charge in [-0.25, -0.2) is 8.42 Å². The topological polar surface area (TPSA) is 92.3 Å². The molecule has 2 heterocycles. The highest BCUT2D eigenvalue weighted by Crippen LogP contribution is 2.32. The maximum atomic E-state index is 12.2. The highest BCUT2D eigenvalue weighted by atomic mass is 32.2. The van der Waals surface area contributed by atoms with Crippen LogP contribution >= 0.6 is 11.3 Å². The molecule has 1 aromatic heterocycles. The summed E-state index contributed by atoms with van der Waals surface area (Å²) in [6.45, 7) is 2.21. The molecule has 1 saturated heterocycles. The standard InChI is InChI=1S/C16H22N2O4S2/c1-10-2-3-13-12(6-10)8-14(23-13)16(20)18-17-15(19)7-11-4-5-24(21,22)9-11/h8,10-11H,2-7,9H2,1H3,(H,17,19)(H,18,20)/t10-,11+/m0/s1. The molecule has 132 valence electrons. The monoisotopic (exact) mass is 370 g/mol. The number of thiophene rings is 1. The minimum Gasteiger partial charge on any atom is -0.273 e. The van der Waals surface area contributed by atoms with Gasteiger partial charge in [-0.05, 0) is 49.1 Å². The molecular formula is C16H22N2O4S2. The number of rotatable bonds is 3. The average Bonchev–Trinajstić information content (AvgIpc) is 3.07. The van der Waals surface area contributed by atoms with E-state index < -0.39 is 9.84 Å². The molecule has 0 unspecified atom stereocenters. The van der Waals surface area contributed by atoms with Crippen LogP contribution in [0.3, 0.4) is 0 Å². The van der Waals surface area contributed by atoms with E-state index >= 15 is 0 Å². The van der Waals surface area contributed by atoms with E-state index in [0.29, 0.717) is 17.2 Å². The van der Waals surface area contributed by atoms with Gasteiger partial charge in [-0.2, -0.15) is 0 Å². The van der Waals surface area contributed by atoms with Crippen molar-refractivity contribution in [3.05, 3.63) is 21.4 Å². The Morgan fingerprint density at radius 1 is 1.29 bits per heavy atom. The Kier molecular flexibility index (Phi) is 4.96. The maximum Gasteiger partial charge on any atom is 0.279 e. The zero-order valence-electron chi connectivity index (χ0n) is 13.6. The van der Waals surface area contributed by atoms with Crippen LogP contribution in [0.25, 0.3) is 0 Å². The number of fused-ring (bicyclic) bond motifs is 1. The zero-order chi connectivity index (χ0) is 17.3. The molecule has 8 heteroatoms. The molecule has 24 heavy (non-hydrogen) atoms. The summed E-state index contributed by atoms with van der Waals surface area (Å²) < 4.78 is 22.8. The van der Waals surface area contributed by atoms with Crippen molar-refractivity contribution in [1.29, 1.82) is 0 Å². The van der Waals surface area contributed by atoms with E-state index in [1.807, 2.05) is 6.07 Å². The van der Waals surface area contributed by atoms with E-state index in [2.05, 4.69) is 17.8 Å². The van der Waals surface area contributed by atoms with Crippen LogP contribution in [0.5, 0.6) is 0 Å². The highest BCUT2D eigenvalue weighted by Gasteiger charge is 2.29. The summed E-state index contributed by atoms with van der Waals surface area (Å²) in [4.78, 5) is 25.9. The first-order valence-electron chi connectivity index (χ1n) is 8.23. The van der Waals surface area contributed by atoms with Crippen molar-refractivity contribution in [2.75, 3.05) is 11.5 Å². The molecule has 1 aromatic rings. The van der Waals surface area contributed by atoms with Crippen LogP contribution in [0.2, 0.25) is 0 Å². The second kappa shape index (κ2) is 6.84. The summed E-state index contributed by atoms with van der Waals surface area (Å²) >= 11 is 1.49. The lowest BCUT2D eigenvalue weighted by molar-refractivity contribution is -0.122. The van der Waals surface area contributed by atoms with Crippen LogP contribution in [0, 0.1) is 11.8 Å². The summed E-state index contributed by atoms with van der Waals surface area (Å²) in [6, 6.07) is 1.92. The predicted octanol–water partition coefficient (Wildman–Crippen LogP) is 1.46. The van der Waals surface area contributed by atoms with E-state index in [0.717, 1.165) is 19.3 Å². The summed E-state index contributed by atoms with van der Waals surface area (Å²) in [5, 5.41) is 0. The summed E-state index contributed by atoms with van der Waals surface area (Å²) in [5.74, 6) is 0.0448. The molecule has 6 nitrogen and oxygen atoms in total. The third kappa shape index (κ3) is 4.16. The fourth-order valence-corrected chi connectivity index (χ4v) is 6.32. The number of nitrogens with one attached hydrogen (secondary N) is 2. The first-order valence-corrected chi connectivity index (χ1v) is 10.9. The van der Waals surface area contributed by atoms with Crippen LogP contribution in [0.15, 0.2) is 6.07 Å². The summed E-state index contributed by atoms with van der Waals surface area (Å²) in [5.41, 5.74) is 6.08. The second-order valence-corrected chi connectivity index (χ2v) is 10.2. The zero-order valence-corrected chi connectivity index (χ0v) is 15.3. The quantitative estimate of drug-likeness (QED) is 0.788. The lowest BCUT2D eigenvalue weighted by Crippen LogP contribution is -2.42. The molecular weight excluding hydrogens is 348 g/mol. The number of sulfone groups is 1. The largest absolute Gasteiger partial charge is 0.279 e. The third-order valence-corrected chi connectivity index (χ3v) is 7.74. The van der Waals surface area contributed by atoms with E-state index in [-0.39, 0.29) is 35.7 Å². The molecule has 2 N–H and O–H groups in total. The fraction of sp³-hybridized carbons (Fsp3) is 0.625. The normalized spacial score (nSPS) is 25.0. The Labute approximate surface area is 145 Å². The Bertz CT molecular complexity index is 754. The third-order valence-electron chi connectivity index (χ3n) is 4.67. The average molecular weight is 370 g/mol. The van der Waals surface area contributed by atoms with Gasteiger partial charge < -0.3 is 0 Å². The van der Waals surface area contributed by atoms with Gasteiger partial charge in [-0.3, -0.25) is 20.4 Å². The first kappa shape index (κ1) is 17.4. The molecule has 2 atom stereocenters. The second-order valence-electron chi connectivity index (χ2n) is 6.88. The van der Waals surface area contributed by atoms with Crippen LogP contribution in [-0.2, 0) is 27.5 Å². The van der Waals surface area contributed by atoms with Gasteiger partial charge in [0.15, 0.2) is 9.84 Å². The smallest absolute Gasteiger partial charge is 0.273 e. The Hall–Kier alpha value is -1.41. The van der Waals surface area contributed by atoms with E-state index in [1.54, 1.807) is 0 Å². The molecule has 3 rings (SSSR count). The predicted molar refractivity (Wildman–Crippen MR) is 92.5 cm³/mol. The number of aryl methyl sites for hydroxylation is 1. The summed E-state index contributed by atoms with van der Waals surface area (Å²) in [7, 11) is -2.99. The van der Waals surface area contributed by atoms with Gasteiger partial charge in [-0.1, -0.05) is 6.92 Å². The number of hydrogen-bond donors (Lipinski definition) is 2. The SMILES string of the molecule is C[C@H]1CCc2sc(C(=O)NNC(=O)C[C@H]3CCS(=O)(=O)C3)cc2C1. The van der Waals surface area contributed by atoms with E-state index in [4.69, 9.17) is 0 Å². The van der Waals surface area contributed by atoms with E-state index in [1.165, 1.54) is 21.8 Å². The van der Waals surface area contributed by atoms with Crippen molar-refractivity contribution >= 4 is 33.0 Å². The molecule has 0 spiro atoms. The van der Waals surface area contributed by atoms with Gasteiger partial charge in [0.2, 0.25) is 5.91 Å². The minimum absolute atomic E-state index is 0.0597. The Morgan fingerprint density at radius 2 is 2.08 bits per heavy atom. The molecule has 2 amide bonds. The molecule has 1 fully saturated rings. The van der Waals surface area contributed by atoms with Crippen molar-refractivity contribution in [3.8, 4) is 0 Å². The number of amides is 2. The lowest BCUT2D eigenvalue weighted by Gasteiger charge is -2.16. The fourth-order valence-electron chi connectivity index (χ4n) is 3.35. The molecule has 2 aliphatic rings. The van der Waals surface area contributed by atoms with Crippen LogP contribution in [-0.4, -0.2) is 31.7 Å². The number of carbonyl (C=O) groups is 2. The van der Waals surface area contributed by atoms with Crippen molar-refractivity contribution in [2.45, 2.75) is 39.0 Å². The molecule has 0 saturated carbocycles. The minimum atomic E-state index is -2.99. The van der Waals surface area contributed by atoms with Gasteiger partial charge in [0.05, 0.1) is 16.4 Å². The molecule has 1 aliphatic carbocycles. The first-order chi connectivity index (χ1) is 11.3. The van der Waals surface area contributed by atoms with Crippen molar-refractivity contribution in [1.82, 2.24) is 10.9 Å². The number of hydrazine groups is 1. The van der Waals surface area contributed by atoms with Gasteiger partial charge in [0.25, 0.3) is 5.91 Å². The maximum absolute atomic E-state index is 12.2.